The third-order valence-electron chi connectivity index (χ3n) is 5.00. The average Bonchev–Trinajstić information content (AvgIpc) is 2.84. The van der Waals surface area contributed by atoms with Gasteiger partial charge in [-0.25, -0.2) is 0 Å². The van der Waals surface area contributed by atoms with Crippen molar-refractivity contribution in [2.45, 2.75) is 52.1 Å². The minimum Gasteiger partial charge on any atom is -0.481 e. The molecule has 1 aliphatic carbocycles. The molecule has 4 nitrogen and oxygen atoms in total. The number of carbonyl (C=O) groups is 1. The molecule has 2 fully saturated rings. The molecule has 0 aromatic heterocycles. The maximum Gasteiger partial charge on any atom is 0.310 e. The largest absolute Gasteiger partial charge is 0.481 e. The minimum absolute atomic E-state index is 0.0558. The molecule has 0 radical (unpaired) electrons. The Kier molecular flexibility index (Phi) is 4.85. The van der Waals surface area contributed by atoms with Crippen LogP contribution < -0.4 is 0 Å². The molecule has 110 valence electrons. The molecule has 1 N–H and O–H groups in total. The van der Waals surface area contributed by atoms with Crippen LogP contribution in [-0.2, 0) is 9.53 Å². The first-order valence-electron chi connectivity index (χ1n) is 7.60. The van der Waals surface area contributed by atoms with Crippen molar-refractivity contribution < 1.29 is 14.6 Å². The second-order valence-corrected chi connectivity index (χ2v) is 6.34. The maximum absolute atomic E-state index is 11.4. The van der Waals surface area contributed by atoms with Gasteiger partial charge in [0.15, 0.2) is 0 Å². The molecule has 0 bridgehead atoms. The second kappa shape index (κ2) is 6.23. The molecule has 0 aromatic rings. The number of hydrogen-bond acceptors (Lipinski definition) is 3. The topological polar surface area (TPSA) is 49.8 Å². The Balaban J connectivity index is 2.11. The highest BCUT2D eigenvalue weighted by molar-refractivity contribution is 5.71. The summed E-state index contributed by atoms with van der Waals surface area (Å²) in [5.41, 5.74) is 0. The monoisotopic (exact) mass is 269 g/mol. The highest BCUT2D eigenvalue weighted by Gasteiger charge is 2.42. The predicted molar refractivity (Wildman–Crippen MR) is 74.1 cm³/mol. The number of aliphatic carboxylic acids is 1. The van der Waals surface area contributed by atoms with Crippen LogP contribution in [0.5, 0.6) is 0 Å². The Hall–Kier alpha value is -0.610. The molecule has 0 spiro atoms. The Labute approximate surface area is 116 Å². The second-order valence-electron chi connectivity index (χ2n) is 6.34. The van der Waals surface area contributed by atoms with Crippen molar-refractivity contribution in [3.8, 4) is 0 Å². The van der Waals surface area contributed by atoms with E-state index in [0.29, 0.717) is 25.2 Å². The first-order chi connectivity index (χ1) is 9.04. The van der Waals surface area contributed by atoms with E-state index in [-0.39, 0.29) is 12.0 Å². The van der Waals surface area contributed by atoms with Crippen LogP contribution in [0.15, 0.2) is 0 Å². The fraction of sp³-hybridized carbons (Fsp3) is 0.933. The normalized spacial score (nSPS) is 39.7. The van der Waals surface area contributed by atoms with Crippen LogP contribution in [0.4, 0.5) is 0 Å². The lowest BCUT2D eigenvalue weighted by Gasteiger charge is -2.43. The zero-order valence-corrected chi connectivity index (χ0v) is 12.3. The average molecular weight is 269 g/mol. The Bertz CT molecular complexity index is 321. The zero-order chi connectivity index (χ0) is 14.0. The highest BCUT2D eigenvalue weighted by atomic mass is 16.5. The summed E-state index contributed by atoms with van der Waals surface area (Å²) >= 11 is 0. The summed E-state index contributed by atoms with van der Waals surface area (Å²) in [4.78, 5) is 13.8. The van der Waals surface area contributed by atoms with Gasteiger partial charge in [0, 0.05) is 12.1 Å². The van der Waals surface area contributed by atoms with Gasteiger partial charge in [-0.05, 0) is 31.2 Å². The molecule has 19 heavy (non-hydrogen) atoms. The first-order valence-corrected chi connectivity index (χ1v) is 7.60. The number of ether oxygens (including phenoxy) is 1. The summed E-state index contributed by atoms with van der Waals surface area (Å²) in [5, 5.41) is 9.34. The molecule has 0 amide bonds. The molecule has 1 aliphatic heterocycles. The van der Waals surface area contributed by atoms with E-state index in [0.717, 1.165) is 12.5 Å². The number of nitrogens with zero attached hydrogens (tertiary/aromatic N) is 1. The van der Waals surface area contributed by atoms with Crippen LogP contribution in [0.1, 0.15) is 40.0 Å². The maximum atomic E-state index is 11.4. The van der Waals surface area contributed by atoms with E-state index in [9.17, 15) is 9.90 Å². The smallest absolute Gasteiger partial charge is 0.310 e. The summed E-state index contributed by atoms with van der Waals surface area (Å²) in [6, 6.07) is 0.572. The Morgan fingerprint density at radius 3 is 2.63 bits per heavy atom. The molecule has 1 heterocycles. The number of carboxylic acids is 1. The Morgan fingerprint density at radius 2 is 2.00 bits per heavy atom. The standard InChI is InChI=1S/C15H27NO3/c1-4-16(13-7-10(2)5-6-11(13)3)14-9-19-8-12(14)15(17)18/h10-14H,4-9H2,1-3H3,(H,17,18). The van der Waals surface area contributed by atoms with E-state index in [4.69, 9.17) is 4.74 Å². The van der Waals surface area contributed by atoms with E-state index in [2.05, 4.69) is 25.7 Å². The minimum atomic E-state index is -0.711. The fourth-order valence-corrected chi connectivity index (χ4v) is 3.79. The lowest BCUT2D eigenvalue weighted by molar-refractivity contribution is -0.143. The molecule has 1 saturated heterocycles. The Morgan fingerprint density at radius 1 is 1.26 bits per heavy atom. The summed E-state index contributed by atoms with van der Waals surface area (Å²) in [7, 11) is 0. The third kappa shape index (κ3) is 3.11. The van der Waals surface area contributed by atoms with Gasteiger partial charge in [-0.1, -0.05) is 27.2 Å². The lowest BCUT2D eigenvalue weighted by Crippen LogP contribution is -2.52. The van der Waals surface area contributed by atoms with Crippen LogP contribution in [0.2, 0.25) is 0 Å². The third-order valence-corrected chi connectivity index (χ3v) is 5.00. The molecule has 5 atom stereocenters. The van der Waals surface area contributed by atoms with E-state index in [1.54, 1.807) is 0 Å². The zero-order valence-electron chi connectivity index (χ0n) is 12.3. The van der Waals surface area contributed by atoms with Crippen molar-refractivity contribution >= 4 is 5.97 Å². The van der Waals surface area contributed by atoms with Crippen molar-refractivity contribution in [3.05, 3.63) is 0 Å². The summed E-state index contributed by atoms with van der Waals surface area (Å²) in [5.74, 6) is 0.342. The van der Waals surface area contributed by atoms with Crippen molar-refractivity contribution in [1.29, 1.82) is 0 Å². The fourth-order valence-electron chi connectivity index (χ4n) is 3.79. The predicted octanol–water partition coefficient (Wildman–Crippen LogP) is 2.23. The quantitative estimate of drug-likeness (QED) is 0.850. The van der Waals surface area contributed by atoms with Gasteiger partial charge in [0.25, 0.3) is 0 Å². The van der Waals surface area contributed by atoms with Crippen molar-refractivity contribution in [3.63, 3.8) is 0 Å². The SMILES string of the molecule is CCN(C1CC(C)CCC1C)C1COCC1C(=O)O. The van der Waals surface area contributed by atoms with Crippen LogP contribution in [0, 0.1) is 17.8 Å². The number of hydrogen-bond donors (Lipinski definition) is 1. The van der Waals surface area contributed by atoms with Gasteiger partial charge in [0.05, 0.1) is 19.1 Å². The molecule has 2 aliphatic rings. The summed E-state index contributed by atoms with van der Waals surface area (Å²) < 4.78 is 5.44. The summed E-state index contributed by atoms with van der Waals surface area (Å²) in [6.45, 7) is 8.62. The number of carboxylic acid groups (broad SMARTS) is 1. The van der Waals surface area contributed by atoms with Gasteiger partial charge >= 0.3 is 5.97 Å². The van der Waals surface area contributed by atoms with Crippen LogP contribution in [0.25, 0.3) is 0 Å². The molecule has 4 heteroatoms. The van der Waals surface area contributed by atoms with Gasteiger partial charge in [-0.3, -0.25) is 9.69 Å². The van der Waals surface area contributed by atoms with E-state index in [1.807, 2.05) is 0 Å². The molecule has 1 saturated carbocycles. The van der Waals surface area contributed by atoms with Gasteiger partial charge in [-0.15, -0.1) is 0 Å². The molecular weight excluding hydrogens is 242 g/mol. The van der Waals surface area contributed by atoms with Crippen LogP contribution in [-0.4, -0.2) is 47.8 Å². The molecule has 0 aromatic carbocycles. The van der Waals surface area contributed by atoms with Gasteiger partial charge in [0.1, 0.15) is 0 Å². The van der Waals surface area contributed by atoms with Crippen LogP contribution >= 0.6 is 0 Å². The van der Waals surface area contributed by atoms with E-state index >= 15 is 0 Å². The summed E-state index contributed by atoms with van der Waals surface area (Å²) in [6.07, 6.45) is 3.75. The van der Waals surface area contributed by atoms with Crippen molar-refractivity contribution in [2.24, 2.45) is 17.8 Å². The van der Waals surface area contributed by atoms with Gasteiger partial charge in [-0.2, -0.15) is 0 Å². The van der Waals surface area contributed by atoms with Gasteiger partial charge < -0.3 is 9.84 Å². The molecule has 5 unspecified atom stereocenters. The molecule has 2 rings (SSSR count). The van der Waals surface area contributed by atoms with E-state index < -0.39 is 5.97 Å². The van der Waals surface area contributed by atoms with Crippen LogP contribution in [0.3, 0.4) is 0 Å². The first kappa shape index (κ1) is 14.8. The van der Waals surface area contributed by atoms with Crippen molar-refractivity contribution in [1.82, 2.24) is 4.90 Å². The van der Waals surface area contributed by atoms with Gasteiger partial charge in [0.2, 0.25) is 0 Å². The van der Waals surface area contributed by atoms with Crippen molar-refractivity contribution in [2.75, 3.05) is 19.8 Å². The van der Waals surface area contributed by atoms with E-state index in [1.165, 1.54) is 19.3 Å². The lowest BCUT2D eigenvalue weighted by atomic mass is 9.78. The highest BCUT2D eigenvalue weighted by Crippen LogP contribution is 2.35. The molecular formula is C15H27NO3. The number of likely N-dealkylation sites (N-methyl/N-ethyl adjacent to an activating group) is 1. The number of rotatable bonds is 4.